The van der Waals surface area contributed by atoms with E-state index in [-0.39, 0.29) is 0 Å². The Morgan fingerprint density at radius 2 is 2.11 bits per heavy atom. The van der Waals surface area contributed by atoms with Crippen LogP contribution in [0.4, 0.5) is 0 Å². The Labute approximate surface area is 57.8 Å². The Morgan fingerprint density at radius 1 is 1.56 bits per heavy atom. The molecule has 1 atom stereocenters. The molecule has 0 aromatic heterocycles. The van der Waals surface area contributed by atoms with Gasteiger partial charge in [-0.05, 0) is 20.5 Å². The smallest absolute Gasteiger partial charge is 0.0669 e. The van der Waals surface area contributed by atoms with Crippen LogP contribution in [0.3, 0.4) is 0 Å². The summed E-state index contributed by atoms with van der Waals surface area (Å²) in [5, 5.41) is 0. The zero-order valence-corrected chi connectivity index (χ0v) is 6.85. The third-order valence-electron chi connectivity index (χ3n) is 1.51. The lowest BCUT2D eigenvalue weighted by molar-refractivity contribution is 0.0873. The second kappa shape index (κ2) is 4.77. The van der Waals surface area contributed by atoms with E-state index in [0.29, 0.717) is 6.10 Å². The summed E-state index contributed by atoms with van der Waals surface area (Å²) in [6.07, 6.45) is 0.356. The number of methoxy groups -OCH3 is 1. The summed E-state index contributed by atoms with van der Waals surface area (Å²) >= 11 is 0. The third kappa shape index (κ3) is 4.43. The lowest BCUT2D eigenvalue weighted by Crippen LogP contribution is -2.28. The molecule has 0 heterocycles. The Balaban J connectivity index is 3.22. The van der Waals surface area contributed by atoms with Crippen molar-refractivity contribution >= 4 is 0 Å². The van der Waals surface area contributed by atoms with Gasteiger partial charge in [0.15, 0.2) is 0 Å². The minimum absolute atomic E-state index is 0.356. The van der Waals surface area contributed by atoms with Crippen molar-refractivity contribution in [1.29, 1.82) is 0 Å². The summed E-state index contributed by atoms with van der Waals surface area (Å²) in [6.45, 7) is 6.33. The molecule has 2 heteroatoms. The molecule has 0 N–H and O–H groups in total. The first-order chi connectivity index (χ1) is 4.20. The van der Waals surface area contributed by atoms with Crippen LogP contribution in [-0.4, -0.2) is 38.3 Å². The van der Waals surface area contributed by atoms with Crippen LogP contribution in [-0.2, 0) is 4.74 Å². The van der Waals surface area contributed by atoms with Crippen molar-refractivity contribution in [3.8, 4) is 0 Å². The Kier molecular flexibility index (Phi) is 4.72. The van der Waals surface area contributed by atoms with E-state index in [1.54, 1.807) is 7.11 Å². The van der Waals surface area contributed by atoms with Crippen LogP contribution in [0.2, 0.25) is 0 Å². The van der Waals surface area contributed by atoms with E-state index in [4.69, 9.17) is 4.74 Å². The molecule has 0 amide bonds. The van der Waals surface area contributed by atoms with Crippen LogP contribution in [0, 0.1) is 0 Å². The van der Waals surface area contributed by atoms with Gasteiger partial charge in [-0.15, -0.1) is 0 Å². The van der Waals surface area contributed by atoms with Crippen molar-refractivity contribution in [3.05, 3.63) is 0 Å². The molecule has 0 saturated heterocycles. The van der Waals surface area contributed by atoms with E-state index in [0.717, 1.165) is 13.1 Å². The maximum Gasteiger partial charge on any atom is 0.0669 e. The first-order valence-corrected chi connectivity index (χ1v) is 3.42. The molecular weight excluding hydrogens is 114 g/mol. The van der Waals surface area contributed by atoms with Crippen molar-refractivity contribution in [2.45, 2.75) is 20.0 Å². The molecule has 56 valence electrons. The molecule has 0 spiro atoms. The van der Waals surface area contributed by atoms with Gasteiger partial charge in [-0.25, -0.2) is 0 Å². The maximum absolute atomic E-state index is 5.08. The van der Waals surface area contributed by atoms with Gasteiger partial charge in [0.1, 0.15) is 0 Å². The Bertz CT molecular complexity index is 57.9. The molecule has 2 nitrogen and oxygen atoms in total. The summed E-state index contributed by atoms with van der Waals surface area (Å²) in [5.41, 5.74) is 0. The van der Waals surface area contributed by atoms with Gasteiger partial charge >= 0.3 is 0 Å². The van der Waals surface area contributed by atoms with E-state index in [2.05, 4.69) is 25.8 Å². The van der Waals surface area contributed by atoms with E-state index in [1.165, 1.54) is 0 Å². The highest BCUT2D eigenvalue weighted by Gasteiger charge is 2.00. The molecular formula is C7H17NO. The summed E-state index contributed by atoms with van der Waals surface area (Å²) in [6, 6.07) is 0. The van der Waals surface area contributed by atoms with Crippen LogP contribution < -0.4 is 0 Å². The van der Waals surface area contributed by atoms with E-state index < -0.39 is 0 Å². The molecule has 0 saturated carbocycles. The van der Waals surface area contributed by atoms with Crippen LogP contribution in [0.15, 0.2) is 0 Å². The highest BCUT2D eigenvalue weighted by atomic mass is 16.5. The average molecular weight is 131 g/mol. The number of hydrogen-bond donors (Lipinski definition) is 0. The maximum atomic E-state index is 5.08. The summed E-state index contributed by atoms with van der Waals surface area (Å²) in [7, 11) is 3.84. The monoisotopic (exact) mass is 131 g/mol. The number of nitrogens with zero attached hydrogens (tertiary/aromatic N) is 1. The molecule has 0 rings (SSSR count). The molecule has 0 radical (unpaired) electrons. The fourth-order valence-corrected chi connectivity index (χ4v) is 0.643. The van der Waals surface area contributed by atoms with Crippen LogP contribution in [0.5, 0.6) is 0 Å². The minimum Gasteiger partial charge on any atom is -0.380 e. The summed E-state index contributed by atoms with van der Waals surface area (Å²) < 4.78 is 5.08. The summed E-state index contributed by atoms with van der Waals surface area (Å²) in [4.78, 5) is 2.23. The van der Waals surface area contributed by atoms with Crippen LogP contribution >= 0.6 is 0 Å². The number of rotatable bonds is 4. The van der Waals surface area contributed by atoms with Gasteiger partial charge in [-0.1, -0.05) is 6.92 Å². The standard InChI is InChI=1S/C7H17NO/c1-5-8(3)6-7(2)9-4/h7H,5-6H2,1-4H3/t7-/m1/s1. The number of likely N-dealkylation sites (N-methyl/N-ethyl adjacent to an activating group) is 1. The molecule has 0 fully saturated rings. The normalized spacial score (nSPS) is 14.3. The molecule has 0 aliphatic heterocycles. The largest absolute Gasteiger partial charge is 0.380 e. The van der Waals surface area contributed by atoms with Gasteiger partial charge in [0.2, 0.25) is 0 Å². The number of ether oxygens (including phenoxy) is 1. The van der Waals surface area contributed by atoms with Gasteiger partial charge in [-0.2, -0.15) is 0 Å². The lowest BCUT2D eigenvalue weighted by Gasteiger charge is -2.17. The van der Waals surface area contributed by atoms with Crippen molar-refractivity contribution in [1.82, 2.24) is 4.90 Å². The molecule has 0 aromatic carbocycles. The van der Waals surface area contributed by atoms with Gasteiger partial charge in [-0.3, -0.25) is 0 Å². The second-order valence-electron chi connectivity index (χ2n) is 2.40. The van der Waals surface area contributed by atoms with E-state index in [9.17, 15) is 0 Å². The minimum atomic E-state index is 0.356. The van der Waals surface area contributed by atoms with Gasteiger partial charge < -0.3 is 9.64 Å². The fraction of sp³-hybridized carbons (Fsp3) is 1.00. The first kappa shape index (κ1) is 8.92. The topological polar surface area (TPSA) is 12.5 Å². The predicted octanol–water partition coefficient (Wildman–Crippen LogP) is 0.973. The van der Waals surface area contributed by atoms with E-state index in [1.807, 2.05) is 0 Å². The van der Waals surface area contributed by atoms with Crippen molar-refractivity contribution < 1.29 is 4.74 Å². The first-order valence-electron chi connectivity index (χ1n) is 3.42. The third-order valence-corrected chi connectivity index (χ3v) is 1.51. The van der Waals surface area contributed by atoms with Gasteiger partial charge in [0.25, 0.3) is 0 Å². The Morgan fingerprint density at radius 3 is 2.44 bits per heavy atom. The quantitative estimate of drug-likeness (QED) is 0.563. The molecule has 0 aliphatic rings. The molecule has 9 heavy (non-hydrogen) atoms. The molecule has 0 bridgehead atoms. The van der Waals surface area contributed by atoms with E-state index >= 15 is 0 Å². The van der Waals surface area contributed by atoms with Crippen LogP contribution in [0.1, 0.15) is 13.8 Å². The van der Waals surface area contributed by atoms with Crippen LogP contribution in [0.25, 0.3) is 0 Å². The average Bonchev–Trinajstić information content (AvgIpc) is 1.87. The van der Waals surface area contributed by atoms with Crippen molar-refractivity contribution in [2.24, 2.45) is 0 Å². The second-order valence-corrected chi connectivity index (χ2v) is 2.40. The molecule has 0 aliphatic carbocycles. The zero-order valence-electron chi connectivity index (χ0n) is 6.85. The highest BCUT2D eigenvalue weighted by Crippen LogP contribution is 1.90. The van der Waals surface area contributed by atoms with Gasteiger partial charge in [0, 0.05) is 13.7 Å². The SMILES string of the molecule is CCN(C)C[C@@H](C)OC. The molecule has 0 aromatic rings. The summed E-state index contributed by atoms with van der Waals surface area (Å²) in [5.74, 6) is 0. The molecule has 0 unspecified atom stereocenters. The predicted molar refractivity (Wildman–Crippen MR) is 39.6 cm³/mol. The van der Waals surface area contributed by atoms with Gasteiger partial charge in [0.05, 0.1) is 6.10 Å². The van der Waals surface area contributed by atoms with Crippen molar-refractivity contribution in [2.75, 3.05) is 27.2 Å². The van der Waals surface area contributed by atoms with Crippen molar-refractivity contribution in [3.63, 3.8) is 0 Å². The Hall–Kier alpha value is -0.0800. The zero-order chi connectivity index (χ0) is 7.28. The number of hydrogen-bond acceptors (Lipinski definition) is 2. The fourth-order valence-electron chi connectivity index (χ4n) is 0.643. The highest BCUT2D eigenvalue weighted by molar-refractivity contribution is 4.54. The lowest BCUT2D eigenvalue weighted by atomic mass is 10.4.